The van der Waals surface area contributed by atoms with E-state index in [-0.39, 0.29) is 40.5 Å². The average Bonchev–Trinajstić information content (AvgIpc) is 3.55. The second-order valence-electron chi connectivity index (χ2n) is 13.2. The fourth-order valence-corrected chi connectivity index (χ4v) is 11.1. The number of fused-ring (bicyclic) bond motifs is 6. The van der Waals surface area contributed by atoms with Gasteiger partial charge in [-0.3, -0.25) is 9.59 Å². The van der Waals surface area contributed by atoms with Crippen LogP contribution in [-0.2, 0) is 14.3 Å². The number of ether oxygens (including phenoxy) is 1. The smallest absolute Gasteiger partial charge is 0.339 e. The first-order valence-corrected chi connectivity index (χ1v) is 17.0. The first kappa shape index (κ1) is 28.9. The van der Waals surface area contributed by atoms with E-state index in [2.05, 4.69) is 23.8 Å². The largest absolute Gasteiger partial charge is 0.447 e. The highest BCUT2D eigenvalue weighted by Crippen LogP contribution is 2.68. The zero-order chi connectivity index (χ0) is 30.0. The Balaban J connectivity index is 1.23. The minimum Gasteiger partial charge on any atom is -0.447 e. The minimum atomic E-state index is -1.36. The number of hydrogen-bond acceptors (Lipinski definition) is 9. The Bertz CT molecular complexity index is 1600. The van der Waals surface area contributed by atoms with Crippen molar-refractivity contribution in [3.05, 3.63) is 65.9 Å². The molecular weight excluding hydrogens is 581 g/mol. The van der Waals surface area contributed by atoms with Crippen molar-refractivity contribution in [2.75, 3.05) is 5.75 Å². The van der Waals surface area contributed by atoms with Gasteiger partial charge in [-0.2, -0.15) is 0 Å². The molecule has 0 saturated heterocycles. The van der Waals surface area contributed by atoms with E-state index in [1.807, 2.05) is 24.3 Å². The van der Waals surface area contributed by atoms with Gasteiger partial charge in [-0.05, 0) is 92.0 Å². The molecule has 0 spiro atoms. The van der Waals surface area contributed by atoms with E-state index in [4.69, 9.17) is 4.74 Å². The Morgan fingerprint density at radius 1 is 1.09 bits per heavy atom. The van der Waals surface area contributed by atoms with Crippen LogP contribution < -0.4 is 0 Å². The molecule has 2 heterocycles. The van der Waals surface area contributed by atoms with Crippen molar-refractivity contribution < 1.29 is 24.2 Å². The quantitative estimate of drug-likeness (QED) is 0.249. The molecule has 7 nitrogen and oxygen atoms in total. The summed E-state index contributed by atoms with van der Waals surface area (Å²) in [6.45, 7) is 4.30. The summed E-state index contributed by atoms with van der Waals surface area (Å²) in [6, 6.07) is 12.6. The summed E-state index contributed by atoms with van der Waals surface area (Å²) in [5.41, 5.74) is 0.0541. The van der Waals surface area contributed by atoms with Gasteiger partial charge in [0, 0.05) is 18.0 Å². The standard InChI is InChI=1S/C34H36N2O5S2/c1-32-14-12-22(37)17-21(32)10-11-23-24-13-15-34(33(24,2)18-26(38)28(23)32,41-30(40)20-7-4-3-5-8-20)27(39)19-42-31-36-25-9-6-16-35-29(25)43-31/h3-9,16-17,23-24,26,28,38H,10-15,18-19H2,1-2H3/t23?,24?,26-,28?,32?,33?,34-/m0/s1. The molecule has 0 radical (unpaired) electrons. The molecule has 1 N–H and O–H groups in total. The molecule has 3 fully saturated rings. The van der Waals surface area contributed by atoms with Gasteiger partial charge in [-0.15, -0.1) is 0 Å². The lowest BCUT2D eigenvalue weighted by molar-refractivity contribution is -0.180. The molecule has 3 saturated carbocycles. The fourth-order valence-electron chi connectivity index (χ4n) is 9.20. The van der Waals surface area contributed by atoms with Crippen molar-refractivity contribution in [2.45, 2.75) is 74.8 Å². The molecule has 43 heavy (non-hydrogen) atoms. The molecule has 1 aromatic carbocycles. The predicted octanol–water partition coefficient (Wildman–Crippen LogP) is 6.45. The van der Waals surface area contributed by atoms with E-state index >= 15 is 0 Å². The molecule has 9 heteroatoms. The topological polar surface area (TPSA) is 106 Å². The molecule has 224 valence electrons. The lowest BCUT2D eigenvalue weighted by atomic mass is 9.45. The van der Waals surface area contributed by atoms with E-state index in [0.717, 1.165) is 40.4 Å². The highest BCUT2D eigenvalue weighted by atomic mass is 32.2. The Morgan fingerprint density at radius 2 is 1.91 bits per heavy atom. The number of ketones is 2. The maximum atomic E-state index is 14.5. The van der Waals surface area contributed by atoms with Gasteiger partial charge in [0.1, 0.15) is 10.3 Å². The van der Waals surface area contributed by atoms with Crippen LogP contribution in [0.5, 0.6) is 0 Å². The van der Waals surface area contributed by atoms with Crippen molar-refractivity contribution in [1.29, 1.82) is 0 Å². The number of aromatic nitrogens is 2. The van der Waals surface area contributed by atoms with Crippen LogP contribution in [0, 0.1) is 28.6 Å². The van der Waals surface area contributed by atoms with Crippen molar-refractivity contribution in [2.24, 2.45) is 28.6 Å². The van der Waals surface area contributed by atoms with E-state index in [1.165, 1.54) is 28.7 Å². The summed E-state index contributed by atoms with van der Waals surface area (Å²) in [4.78, 5) is 50.3. The number of benzene rings is 1. The number of Topliss-reactive ketones (excluding diaryl/α,β-unsaturated/α-hetero) is 1. The molecule has 7 atom stereocenters. The number of nitrogens with zero attached hydrogens (tertiary/aromatic N) is 2. The normalized spacial score (nSPS) is 35.0. The van der Waals surface area contributed by atoms with Gasteiger partial charge < -0.3 is 9.84 Å². The Labute approximate surface area is 259 Å². The first-order chi connectivity index (χ1) is 20.6. The van der Waals surface area contributed by atoms with Gasteiger partial charge in [0.15, 0.2) is 21.5 Å². The molecule has 0 amide bonds. The molecular formula is C34H36N2O5S2. The van der Waals surface area contributed by atoms with Crippen LogP contribution in [0.15, 0.2) is 64.7 Å². The third kappa shape index (κ3) is 4.53. The summed E-state index contributed by atoms with van der Waals surface area (Å²) in [7, 11) is 0. The van der Waals surface area contributed by atoms with E-state index in [1.54, 1.807) is 30.5 Å². The molecule has 2 aromatic heterocycles. The average molecular weight is 617 g/mol. The van der Waals surface area contributed by atoms with Gasteiger partial charge in [-0.25, -0.2) is 14.8 Å². The van der Waals surface area contributed by atoms with Crippen LogP contribution in [0.3, 0.4) is 0 Å². The van der Waals surface area contributed by atoms with Crippen LogP contribution in [0.25, 0.3) is 10.3 Å². The SMILES string of the molecule is CC12CCC(=O)C=C1CCC1C2[C@@H](O)CC2(C)C1CC[C@]2(OC(=O)c1ccccc1)C(=O)CSc1nc2cccnc2s1. The molecule has 0 aliphatic heterocycles. The van der Waals surface area contributed by atoms with Crippen molar-refractivity contribution in [1.82, 2.24) is 9.97 Å². The lowest BCUT2D eigenvalue weighted by Gasteiger charge is -2.60. The second kappa shape index (κ2) is 10.6. The number of allylic oxidation sites excluding steroid dienone is 1. The highest BCUT2D eigenvalue weighted by Gasteiger charge is 2.70. The summed E-state index contributed by atoms with van der Waals surface area (Å²) < 4.78 is 7.19. The van der Waals surface area contributed by atoms with Crippen molar-refractivity contribution in [3.63, 3.8) is 0 Å². The first-order valence-electron chi connectivity index (χ1n) is 15.2. The number of hydrogen-bond donors (Lipinski definition) is 1. The van der Waals surface area contributed by atoms with Gasteiger partial charge in [0.2, 0.25) is 0 Å². The molecule has 3 aromatic rings. The highest BCUT2D eigenvalue weighted by molar-refractivity contribution is 8.01. The Hall–Kier alpha value is -2.88. The predicted molar refractivity (Wildman–Crippen MR) is 166 cm³/mol. The second-order valence-corrected chi connectivity index (χ2v) is 15.4. The minimum absolute atomic E-state index is 0.0130. The summed E-state index contributed by atoms with van der Waals surface area (Å²) in [5, 5.41) is 12.0. The summed E-state index contributed by atoms with van der Waals surface area (Å²) >= 11 is 2.81. The summed E-state index contributed by atoms with van der Waals surface area (Å²) in [6.07, 6.45) is 7.40. The number of aliphatic hydroxyl groups is 1. The van der Waals surface area contributed by atoms with Crippen LogP contribution in [0.1, 0.15) is 69.2 Å². The molecule has 0 bridgehead atoms. The molecule has 5 unspecified atom stereocenters. The molecule has 7 rings (SSSR count). The van der Waals surface area contributed by atoms with E-state index < -0.39 is 23.1 Å². The third-order valence-electron chi connectivity index (χ3n) is 11.2. The molecule has 4 aliphatic rings. The lowest BCUT2D eigenvalue weighted by Crippen LogP contribution is -2.63. The third-order valence-corrected chi connectivity index (χ3v) is 13.3. The van der Waals surface area contributed by atoms with Crippen LogP contribution in [0.4, 0.5) is 0 Å². The number of thiazole rings is 1. The zero-order valence-electron chi connectivity index (χ0n) is 24.5. The van der Waals surface area contributed by atoms with Crippen molar-refractivity contribution in [3.8, 4) is 0 Å². The number of thioether (sulfide) groups is 1. The number of esters is 1. The van der Waals surface area contributed by atoms with Crippen molar-refractivity contribution >= 4 is 51.0 Å². The molecule has 4 aliphatic carbocycles. The van der Waals surface area contributed by atoms with Crippen LogP contribution in [-0.4, -0.2) is 50.1 Å². The van der Waals surface area contributed by atoms with E-state index in [0.29, 0.717) is 24.8 Å². The summed E-state index contributed by atoms with van der Waals surface area (Å²) in [5.74, 6) is -0.0389. The van der Waals surface area contributed by atoms with Gasteiger partial charge >= 0.3 is 5.97 Å². The van der Waals surface area contributed by atoms with Crippen LogP contribution >= 0.6 is 23.1 Å². The van der Waals surface area contributed by atoms with Crippen LogP contribution in [0.2, 0.25) is 0 Å². The number of carbonyl (C=O) groups is 3. The van der Waals surface area contributed by atoms with E-state index in [9.17, 15) is 19.5 Å². The number of pyridine rings is 1. The van der Waals surface area contributed by atoms with Gasteiger partial charge in [-0.1, -0.05) is 60.7 Å². The monoisotopic (exact) mass is 616 g/mol. The maximum absolute atomic E-state index is 14.5. The van der Waals surface area contributed by atoms with Gasteiger partial charge in [0.05, 0.1) is 17.4 Å². The number of carbonyl (C=O) groups excluding carboxylic acids is 3. The number of aliphatic hydroxyl groups excluding tert-OH is 1. The van der Waals surface area contributed by atoms with Gasteiger partial charge in [0.25, 0.3) is 0 Å². The maximum Gasteiger partial charge on any atom is 0.339 e. The Kier molecular flexibility index (Phi) is 7.14. The Morgan fingerprint density at radius 3 is 2.70 bits per heavy atom. The fraction of sp³-hybridized carbons (Fsp3) is 0.500. The number of rotatable bonds is 6. The zero-order valence-corrected chi connectivity index (χ0v) is 26.1.